The van der Waals surface area contributed by atoms with Gasteiger partial charge in [-0.15, -0.1) is 11.6 Å². The monoisotopic (exact) mass is 240 g/mol. The lowest BCUT2D eigenvalue weighted by molar-refractivity contribution is -0.117. The Balaban J connectivity index is 2.27. The molecule has 0 saturated carbocycles. The molecule has 1 aromatic rings. The van der Waals surface area contributed by atoms with Gasteiger partial charge in [-0.3, -0.25) is 4.79 Å². The minimum absolute atomic E-state index is 0.0805. The molecule has 1 amide bonds. The lowest BCUT2D eigenvalue weighted by Gasteiger charge is -2.18. The Hall–Kier alpha value is -1.29. The van der Waals surface area contributed by atoms with Crippen LogP contribution in [0.1, 0.15) is 6.42 Å². The molecule has 1 aliphatic heterocycles. The Labute approximate surface area is 99.2 Å². The zero-order valence-electron chi connectivity index (χ0n) is 9.02. The maximum atomic E-state index is 11.8. The molecule has 0 aliphatic carbocycles. The van der Waals surface area contributed by atoms with Gasteiger partial charge in [0.05, 0.1) is 7.11 Å². The SMILES string of the molecule is COc1ncccc1N1CC(CCl)CC1=O. The van der Waals surface area contributed by atoms with E-state index < -0.39 is 0 Å². The minimum atomic E-state index is 0.0805. The quantitative estimate of drug-likeness (QED) is 0.755. The average Bonchev–Trinajstić information content (AvgIpc) is 2.70. The van der Waals surface area contributed by atoms with Crippen molar-refractivity contribution in [2.45, 2.75) is 6.42 Å². The van der Waals surface area contributed by atoms with E-state index in [-0.39, 0.29) is 11.8 Å². The van der Waals surface area contributed by atoms with Crippen molar-refractivity contribution in [3.63, 3.8) is 0 Å². The van der Waals surface area contributed by atoms with Gasteiger partial charge in [0.2, 0.25) is 11.8 Å². The Morgan fingerprint density at radius 3 is 3.12 bits per heavy atom. The van der Waals surface area contributed by atoms with E-state index in [4.69, 9.17) is 16.3 Å². The minimum Gasteiger partial charge on any atom is -0.480 e. The number of hydrogen-bond donors (Lipinski definition) is 0. The Bertz CT molecular complexity index is 397. The number of ether oxygens (including phenoxy) is 1. The van der Waals surface area contributed by atoms with Crippen molar-refractivity contribution in [2.24, 2.45) is 5.92 Å². The average molecular weight is 241 g/mol. The first-order chi connectivity index (χ1) is 7.76. The summed E-state index contributed by atoms with van der Waals surface area (Å²) >= 11 is 5.77. The summed E-state index contributed by atoms with van der Waals surface area (Å²) in [6, 6.07) is 3.62. The molecule has 4 nitrogen and oxygen atoms in total. The number of halogens is 1. The van der Waals surface area contributed by atoms with E-state index in [1.807, 2.05) is 6.07 Å². The van der Waals surface area contributed by atoms with Gasteiger partial charge in [-0.2, -0.15) is 0 Å². The van der Waals surface area contributed by atoms with Gasteiger partial charge in [0.25, 0.3) is 0 Å². The van der Waals surface area contributed by atoms with Crippen LogP contribution in [0.15, 0.2) is 18.3 Å². The molecule has 1 atom stereocenters. The second-order valence-electron chi connectivity index (χ2n) is 3.76. The van der Waals surface area contributed by atoms with Gasteiger partial charge in [0.15, 0.2) is 0 Å². The normalized spacial score (nSPS) is 20.2. The molecule has 0 radical (unpaired) electrons. The number of carbonyl (C=O) groups excluding carboxylic acids is 1. The highest BCUT2D eigenvalue weighted by atomic mass is 35.5. The lowest BCUT2D eigenvalue weighted by Crippen LogP contribution is -2.25. The molecule has 1 aromatic heterocycles. The summed E-state index contributed by atoms with van der Waals surface area (Å²) in [7, 11) is 1.55. The summed E-state index contributed by atoms with van der Waals surface area (Å²) < 4.78 is 5.14. The van der Waals surface area contributed by atoms with Crippen molar-refractivity contribution in [3.8, 4) is 5.88 Å². The van der Waals surface area contributed by atoms with Gasteiger partial charge in [0, 0.05) is 25.0 Å². The first-order valence-corrected chi connectivity index (χ1v) is 5.65. The third kappa shape index (κ3) is 1.97. The summed E-state index contributed by atoms with van der Waals surface area (Å²) in [4.78, 5) is 17.6. The molecule has 0 bridgehead atoms. The van der Waals surface area contributed by atoms with E-state index in [2.05, 4.69) is 4.98 Å². The number of pyridine rings is 1. The van der Waals surface area contributed by atoms with Crippen molar-refractivity contribution in [1.82, 2.24) is 4.98 Å². The van der Waals surface area contributed by atoms with Crippen LogP contribution in [0.25, 0.3) is 0 Å². The molecular weight excluding hydrogens is 228 g/mol. The number of amides is 1. The molecular formula is C11H13ClN2O2. The zero-order chi connectivity index (χ0) is 11.5. The molecule has 1 fully saturated rings. The van der Waals surface area contributed by atoms with Gasteiger partial charge >= 0.3 is 0 Å². The van der Waals surface area contributed by atoms with Crippen molar-refractivity contribution in [1.29, 1.82) is 0 Å². The van der Waals surface area contributed by atoms with Crippen LogP contribution in [0.3, 0.4) is 0 Å². The summed E-state index contributed by atoms with van der Waals surface area (Å²) in [6.45, 7) is 0.643. The largest absolute Gasteiger partial charge is 0.480 e. The first kappa shape index (κ1) is 11.2. The molecule has 0 aromatic carbocycles. The number of rotatable bonds is 3. The smallest absolute Gasteiger partial charge is 0.237 e. The van der Waals surface area contributed by atoms with Crippen LogP contribution < -0.4 is 9.64 Å². The van der Waals surface area contributed by atoms with Gasteiger partial charge in [-0.05, 0) is 18.1 Å². The van der Waals surface area contributed by atoms with Crippen molar-refractivity contribution >= 4 is 23.2 Å². The Morgan fingerprint density at radius 2 is 2.50 bits per heavy atom. The van der Waals surface area contributed by atoms with Crippen LogP contribution in [0.2, 0.25) is 0 Å². The molecule has 16 heavy (non-hydrogen) atoms. The van der Waals surface area contributed by atoms with Crippen LogP contribution in [0.5, 0.6) is 5.88 Å². The highest BCUT2D eigenvalue weighted by Gasteiger charge is 2.31. The van der Waals surface area contributed by atoms with E-state index in [9.17, 15) is 4.79 Å². The summed E-state index contributed by atoms with van der Waals surface area (Å²) in [6.07, 6.45) is 2.14. The zero-order valence-corrected chi connectivity index (χ0v) is 9.78. The number of methoxy groups -OCH3 is 1. The number of carbonyl (C=O) groups is 1. The Morgan fingerprint density at radius 1 is 1.69 bits per heavy atom. The molecule has 1 saturated heterocycles. The summed E-state index contributed by atoms with van der Waals surface area (Å²) in [5.74, 6) is 1.28. The predicted octanol–water partition coefficient (Wildman–Crippen LogP) is 1.68. The summed E-state index contributed by atoms with van der Waals surface area (Å²) in [5.41, 5.74) is 0.725. The lowest BCUT2D eigenvalue weighted by atomic mass is 10.1. The third-order valence-electron chi connectivity index (χ3n) is 2.66. The highest BCUT2D eigenvalue weighted by Crippen LogP contribution is 2.31. The van der Waals surface area contributed by atoms with E-state index in [1.165, 1.54) is 0 Å². The first-order valence-electron chi connectivity index (χ1n) is 5.11. The molecule has 5 heteroatoms. The van der Waals surface area contributed by atoms with E-state index in [0.717, 1.165) is 5.69 Å². The van der Waals surface area contributed by atoms with Gasteiger partial charge < -0.3 is 9.64 Å². The molecule has 1 unspecified atom stereocenters. The molecule has 86 valence electrons. The van der Waals surface area contributed by atoms with Crippen LogP contribution >= 0.6 is 11.6 Å². The van der Waals surface area contributed by atoms with Crippen LogP contribution in [-0.2, 0) is 4.79 Å². The van der Waals surface area contributed by atoms with Crippen LogP contribution in [0, 0.1) is 5.92 Å². The molecule has 0 N–H and O–H groups in total. The number of alkyl halides is 1. The maximum Gasteiger partial charge on any atom is 0.237 e. The molecule has 2 rings (SSSR count). The number of nitrogens with zero attached hydrogens (tertiary/aromatic N) is 2. The fraction of sp³-hybridized carbons (Fsp3) is 0.455. The number of anilines is 1. The Kier molecular flexibility index (Phi) is 3.29. The fourth-order valence-electron chi connectivity index (χ4n) is 1.86. The van der Waals surface area contributed by atoms with E-state index in [1.54, 1.807) is 24.3 Å². The standard InChI is InChI=1S/C11H13ClN2O2/c1-16-11-9(3-2-4-13-11)14-7-8(6-12)5-10(14)15/h2-4,8H,5-7H2,1H3. The molecule has 0 spiro atoms. The second kappa shape index (κ2) is 4.70. The van der Waals surface area contributed by atoms with Crippen molar-refractivity contribution < 1.29 is 9.53 Å². The number of aromatic nitrogens is 1. The number of hydrogen-bond acceptors (Lipinski definition) is 3. The summed E-state index contributed by atoms with van der Waals surface area (Å²) in [5, 5.41) is 0. The molecule has 2 heterocycles. The topological polar surface area (TPSA) is 42.4 Å². The van der Waals surface area contributed by atoms with Crippen molar-refractivity contribution in [2.75, 3.05) is 24.4 Å². The van der Waals surface area contributed by atoms with Crippen molar-refractivity contribution in [3.05, 3.63) is 18.3 Å². The predicted molar refractivity (Wildman–Crippen MR) is 62.0 cm³/mol. The van der Waals surface area contributed by atoms with Gasteiger partial charge in [-0.25, -0.2) is 4.98 Å². The van der Waals surface area contributed by atoms with E-state index in [0.29, 0.717) is 24.7 Å². The third-order valence-corrected chi connectivity index (χ3v) is 3.09. The van der Waals surface area contributed by atoms with Gasteiger partial charge in [-0.1, -0.05) is 0 Å². The van der Waals surface area contributed by atoms with Crippen LogP contribution in [0.4, 0.5) is 5.69 Å². The second-order valence-corrected chi connectivity index (χ2v) is 4.07. The van der Waals surface area contributed by atoms with Gasteiger partial charge in [0.1, 0.15) is 5.69 Å². The van der Waals surface area contributed by atoms with E-state index >= 15 is 0 Å². The maximum absolute atomic E-state index is 11.8. The van der Waals surface area contributed by atoms with Crippen LogP contribution in [-0.4, -0.2) is 30.4 Å². The highest BCUT2D eigenvalue weighted by molar-refractivity contribution is 6.18. The molecule has 1 aliphatic rings. The fourth-order valence-corrected chi connectivity index (χ4v) is 2.07.